The first kappa shape index (κ1) is 30.6. The van der Waals surface area contributed by atoms with E-state index in [4.69, 9.17) is 10.5 Å². The summed E-state index contributed by atoms with van der Waals surface area (Å²) in [4.78, 5) is 22.5. The monoisotopic (exact) mass is 593 g/mol. The standard InChI is InChI=1S/C28H25F6N5O3/c1-3-26(36)12-20(19-11-17(27(29,30)31)5-6-22(19)39(26)25(41)42-4-2)24-37-14-23(40)21(38-24)10-15-7-16(13-35)9-18(8-15)28(32,33)34/h5-9,11,14,20,40H,3-4,10,12,36H2,1-2H3/t20-,26+/m0/s1. The molecular weight excluding hydrogens is 568 g/mol. The second kappa shape index (κ2) is 11.1. The zero-order valence-electron chi connectivity index (χ0n) is 22.3. The average Bonchev–Trinajstić information content (AvgIpc) is 2.92. The summed E-state index contributed by atoms with van der Waals surface area (Å²) in [5.74, 6) is -1.55. The van der Waals surface area contributed by atoms with E-state index in [1.165, 1.54) is 6.07 Å². The van der Waals surface area contributed by atoms with Gasteiger partial charge in [0, 0.05) is 12.3 Å². The Morgan fingerprint density at radius 2 is 1.83 bits per heavy atom. The van der Waals surface area contributed by atoms with Crippen molar-refractivity contribution in [1.29, 1.82) is 5.26 Å². The van der Waals surface area contributed by atoms with Crippen molar-refractivity contribution < 1.29 is 41.0 Å². The molecule has 0 bridgehead atoms. The molecule has 4 rings (SSSR count). The maximum Gasteiger partial charge on any atom is 0.416 e. The molecule has 0 radical (unpaired) electrons. The fourth-order valence-electron chi connectivity index (χ4n) is 4.95. The second-order valence-corrected chi connectivity index (χ2v) is 9.78. The van der Waals surface area contributed by atoms with E-state index < -0.39 is 46.9 Å². The molecule has 3 aromatic rings. The van der Waals surface area contributed by atoms with Gasteiger partial charge in [-0.1, -0.05) is 6.92 Å². The summed E-state index contributed by atoms with van der Waals surface area (Å²) in [6.45, 7) is 3.24. The topological polar surface area (TPSA) is 125 Å². The number of fused-ring (bicyclic) bond motifs is 1. The summed E-state index contributed by atoms with van der Waals surface area (Å²) < 4.78 is 86.5. The first-order valence-corrected chi connectivity index (χ1v) is 12.7. The van der Waals surface area contributed by atoms with Crippen LogP contribution in [0.3, 0.4) is 0 Å². The van der Waals surface area contributed by atoms with Crippen LogP contribution < -0.4 is 10.6 Å². The number of hydrogen-bond acceptors (Lipinski definition) is 7. The Morgan fingerprint density at radius 1 is 1.14 bits per heavy atom. The van der Waals surface area contributed by atoms with Crippen LogP contribution in [0.25, 0.3) is 0 Å². The predicted molar refractivity (Wildman–Crippen MR) is 137 cm³/mol. The maximum atomic E-state index is 13.7. The van der Waals surface area contributed by atoms with E-state index in [2.05, 4.69) is 9.97 Å². The van der Waals surface area contributed by atoms with E-state index in [0.29, 0.717) is 6.07 Å². The Labute approximate surface area is 236 Å². The zero-order valence-corrected chi connectivity index (χ0v) is 22.3. The number of hydrogen-bond donors (Lipinski definition) is 2. The number of alkyl halides is 6. The molecule has 1 aliphatic rings. The summed E-state index contributed by atoms with van der Waals surface area (Å²) in [5, 5.41) is 19.7. The summed E-state index contributed by atoms with van der Waals surface area (Å²) in [6.07, 6.45) is -9.65. The van der Waals surface area contributed by atoms with Crippen molar-refractivity contribution in [3.63, 3.8) is 0 Å². The fraction of sp³-hybridized carbons (Fsp3) is 0.357. The first-order chi connectivity index (χ1) is 19.6. The van der Waals surface area contributed by atoms with E-state index in [1.807, 2.05) is 0 Å². The van der Waals surface area contributed by atoms with Crippen molar-refractivity contribution in [3.8, 4) is 11.8 Å². The van der Waals surface area contributed by atoms with Crippen LogP contribution in [-0.4, -0.2) is 33.4 Å². The number of benzene rings is 2. The second-order valence-electron chi connectivity index (χ2n) is 9.78. The van der Waals surface area contributed by atoms with Gasteiger partial charge < -0.3 is 15.6 Å². The lowest BCUT2D eigenvalue weighted by Gasteiger charge is -2.46. The normalized spacial score (nSPS) is 18.8. The molecule has 1 aromatic heterocycles. The van der Waals surface area contributed by atoms with Gasteiger partial charge in [-0.05, 0) is 67.3 Å². The minimum atomic E-state index is -4.74. The molecule has 0 unspecified atom stereocenters. The van der Waals surface area contributed by atoms with Crippen LogP contribution in [0.5, 0.6) is 5.75 Å². The Kier molecular flexibility index (Phi) is 8.10. The van der Waals surface area contributed by atoms with E-state index >= 15 is 0 Å². The molecule has 0 fully saturated rings. The Balaban J connectivity index is 1.86. The van der Waals surface area contributed by atoms with Crippen LogP contribution in [0, 0.1) is 11.3 Å². The number of halogens is 6. The highest BCUT2D eigenvalue weighted by molar-refractivity contribution is 5.91. The number of nitriles is 1. The molecule has 0 saturated heterocycles. The summed E-state index contributed by atoms with van der Waals surface area (Å²) in [7, 11) is 0. The highest BCUT2D eigenvalue weighted by atomic mass is 19.4. The van der Waals surface area contributed by atoms with Gasteiger partial charge in [0.15, 0.2) is 5.75 Å². The van der Waals surface area contributed by atoms with Crippen molar-refractivity contribution in [2.45, 2.75) is 57.0 Å². The van der Waals surface area contributed by atoms with E-state index in [-0.39, 0.29) is 59.8 Å². The Hall–Kier alpha value is -4.38. The molecule has 1 aliphatic heterocycles. The van der Waals surface area contributed by atoms with Crippen LogP contribution in [0.2, 0.25) is 0 Å². The molecule has 8 nitrogen and oxygen atoms in total. The lowest BCUT2D eigenvalue weighted by Crippen LogP contribution is -2.61. The third-order valence-electron chi connectivity index (χ3n) is 7.03. The van der Waals surface area contributed by atoms with Gasteiger partial charge in [0.1, 0.15) is 11.5 Å². The molecule has 1 amide bonds. The van der Waals surface area contributed by atoms with Crippen LogP contribution in [-0.2, 0) is 23.5 Å². The molecule has 0 saturated carbocycles. The van der Waals surface area contributed by atoms with Crippen LogP contribution in [0.1, 0.15) is 71.9 Å². The molecule has 2 heterocycles. The number of ether oxygens (including phenoxy) is 1. The van der Waals surface area contributed by atoms with Crippen LogP contribution in [0.4, 0.5) is 36.8 Å². The number of amides is 1. The molecule has 3 N–H and O–H groups in total. The molecule has 0 aliphatic carbocycles. The maximum absolute atomic E-state index is 13.7. The number of anilines is 1. The van der Waals surface area contributed by atoms with Gasteiger partial charge in [-0.25, -0.2) is 14.8 Å². The molecule has 2 atom stereocenters. The summed E-state index contributed by atoms with van der Waals surface area (Å²) in [5.41, 5.74) is 2.85. The quantitative estimate of drug-likeness (QED) is 0.335. The molecule has 2 aromatic carbocycles. The number of carbonyl (C=O) groups excluding carboxylic acids is 1. The molecule has 222 valence electrons. The summed E-state index contributed by atoms with van der Waals surface area (Å²) >= 11 is 0. The van der Waals surface area contributed by atoms with Crippen LogP contribution >= 0.6 is 0 Å². The Morgan fingerprint density at radius 3 is 2.43 bits per heavy atom. The highest BCUT2D eigenvalue weighted by Crippen LogP contribution is 2.47. The lowest BCUT2D eigenvalue weighted by molar-refractivity contribution is -0.138. The van der Waals surface area contributed by atoms with Crippen molar-refractivity contribution in [2.75, 3.05) is 11.5 Å². The van der Waals surface area contributed by atoms with Gasteiger partial charge in [0.05, 0.1) is 46.9 Å². The number of aromatic hydroxyl groups is 1. The molecule has 42 heavy (non-hydrogen) atoms. The van der Waals surface area contributed by atoms with E-state index in [1.54, 1.807) is 19.9 Å². The van der Waals surface area contributed by atoms with Gasteiger partial charge >= 0.3 is 18.4 Å². The van der Waals surface area contributed by atoms with E-state index in [9.17, 15) is 41.5 Å². The highest BCUT2D eigenvalue weighted by Gasteiger charge is 2.47. The van der Waals surface area contributed by atoms with Crippen molar-refractivity contribution in [3.05, 3.63) is 81.9 Å². The van der Waals surface area contributed by atoms with E-state index in [0.717, 1.165) is 35.4 Å². The van der Waals surface area contributed by atoms with Gasteiger partial charge in [0.25, 0.3) is 0 Å². The van der Waals surface area contributed by atoms with Gasteiger partial charge in [-0.15, -0.1) is 0 Å². The SMILES string of the molecule is CCOC(=O)N1c2ccc(C(F)(F)F)cc2[C@@H](c2ncc(O)c(Cc3cc(C#N)cc(C(F)(F)F)c3)n2)C[C@@]1(N)CC. The minimum absolute atomic E-state index is 0.0119. The lowest BCUT2D eigenvalue weighted by atomic mass is 9.80. The number of rotatable bonds is 5. The Bertz CT molecular complexity index is 1550. The molecular formula is C28H25F6N5O3. The van der Waals surface area contributed by atoms with Crippen molar-refractivity contribution >= 4 is 11.8 Å². The van der Waals surface area contributed by atoms with Crippen molar-refractivity contribution in [2.24, 2.45) is 5.73 Å². The smallest absolute Gasteiger partial charge is 0.416 e. The van der Waals surface area contributed by atoms with Gasteiger partial charge in [0.2, 0.25) is 0 Å². The molecule has 0 spiro atoms. The number of carbonyl (C=O) groups is 1. The number of nitrogens with two attached hydrogens (primary N) is 1. The van der Waals surface area contributed by atoms with Gasteiger partial charge in [-0.3, -0.25) is 4.90 Å². The third-order valence-corrected chi connectivity index (χ3v) is 7.03. The minimum Gasteiger partial charge on any atom is -0.504 e. The fourth-order valence-corrected chi connectivity index (χ4v) is 4.95. The largest absolute Gasteiger partial charge is 0.504 e. The number of nitrogens with zero attached hydrogens (tertiary/aromatic N) is 4. The zero-order chi connectivity index (χ0) is 31.0. The third kappa shape index (κ3) is 5.96. The number of aromatic nitrogens is 2. The van der Waals surface area contributed by atoms with Crippen LogP contribution in [0.15, 0.2) is 42.6 Å². The summed E-state index contributed by atoms with van der Waals surface area (Å²) in [6, 6.07) is 7.17. The van der Waals surface area contributed by atoms with Gasteiger partial charge in [-0.2, -0.15) is 31.6 Å². The average molecular weight is 594 g/mol. The van der Waals surface area contributed by atoms with Crippen molar-refractivity contribution in [1.82, 2.24) is 9.97 Å². The predicted octanol–water partition coefficient (Wildman–Crippen LogP) is 6.25. The molecule has 14 heteroatoms. The first-order valence-electron chi connectivity index (χ1n) is 12.7.